The van der Waals surface area contributed by atoms with Crippen molar-refractivity contribution in [1.82, 2.24) is 4.72 Å². The Labute approximate surface area is 123 Å². The Morgan fingerprint density at radius 1 is 1.24 bits per heavy atom. The van der Waals surface area contributed by atoms with Gasteiger partial charge in [-0.25, -0.2) is 8.42 Å². The van der Waals surface area contributed by atoms with Crippen LogP contribution in [0.1, 0.15) is 25.8 Å². The lowest BCUT2D eigenvalue weighted by Crippen LogP contribution is -2.52. The molecule has 0 radical (unpaired) electrons. The fourth-order valence-corrected chi connectivity index (χ4v) is 2.92. The molecule has 0 atom stereocenters. The van der Waals surface area contributed by atoms with Gasteiger partial charge in [-0.2, -0.15) is 4.72 Å². The molecule has 7 nitrogen and oxygen atoms in total. The minimum atomic E-state index is -3.88. The van der Waals surface area contributed by atoms with Crippen LogP contribution in [0.3, 0.4) is 0 Å². The van der Waals surface area contributed by atoms with E-state index in [1.165, 1.54) is 38.1 Å². The number of sulfonamides is 1. The fourth-order valence-electron chi connectivity index (χ4n) is 1.53. The van der Waals surface area contributed by atoms with Crippen molar-refractivity contribution in [2.75, 3.05) is 0 Å². The summed E-state index contributed by atoms with van der Waals surface area (Å²) in [5.41, 5.74) is 4.44. The Hall–Kier alpha value is -1.93. The van der Waals surface area contributed by atoms with Crippen LogP contribution in [-0.4, -0.2) is 30.9 Å². The predicted octanol–water partition coefficient (Wildman–Crippen LogP) is 0.246. The number of carboxylic acids is 1. The van der Waals surface area contributed by atoms with Crippen LogP contribution in [0.5, 0.6) is 0 Å². The minimum absolute atomic E-state index is 0.0177. The van der Waals surface area contributed by atoms with Crippen molar-refractivity contribution in [2.24, 2.45) is 5.73 Å². The van der Waals surface area contributed by atoms with Crippen LogP contribution in [0, 0.1) is 0 Å². The van der Waals surface area contributed by atoms with Gasteiger partial charge in [-0.1, -0.05) is 12.1 Å². The number of aryl methyl sites for hydroxylation is 1. The number of carbonyl (C=O) groups is 2. The number of carboxylic acid groups (broad SMARTS) is 1. The van der Waals surface area contributed by atoms with Crippen LogP contribution in [0.15, 0.2) is 29.2 Å². The number of carbonyl (C=O) groups excluding carboxylic acids is 1. The van der Waals surface area contributed by atoms with Crippen molar-refractivity contribution >= 4 is 21.9 Å². The molecule has 0 unspecified atom stereocenters. The third kappa shape index (κ3) is 4.83. The maximum Gasteiger partial charge on any atom is 0.303 e. The van der Waals surface area contributed by atoms with Gasteiger partial charge in [-0.15, -0.1) is 0 Å². The zero-order chi connectivity index (χ0) is 16.3. The molecule has 0 aliphatic rings. The van der Waals surface area contributed by atoms with Crippen LogP contribution in [-0.2, 0) is 26.0 Å². The van der Waals surface area contributed by atoms with Crippen molar-refractivity contribution in [3.63, 3.8) is 0 Å². The summed E-state index contributed by atoms with van der Waals surface area (Å²) in [4.78, 5) is 21.6. The van der Waals surface area contributed by atoms with E-state index in [1.54, 1.807) is 0 Å². The second kappa shape index (κ2) is 6.23. The molecule has 0 bridgehead atoms. The third-order valence-corrected chi connectivity index (χ3v) is 4.54. The van der Waals surface area contributed by atoms with Gasteiger partial charge in [0.25, 0.3) is 0 Å². The zero-order valence-corrected chi connectivity index (χ0v) is 12.6. The summed E-state index contributed by atoms with van der Waals surface area (Å²) < 4.78 is 26.5. The maximum atomic E-state index is 12.1. The zero-order valence-electron chi connectivity index (χ0n) is 11.8. The van der Waals surface area contributed by atoms with Crippen LogP contribution < -0.4 is 10.5 Å². The van der Waals surface area contributed by atoms with Crippen molar-refractivity contribution < 1.29 is 23.1 Å². The van der Waals surface area contributed by atoms with E-state index >= 15 is 0 Å². The Morgan fingerprint density at radius 3 is 2.19 bits per heavy atom. The molecule has 0 aromatic heterocycles. The standard InChI is InChI=1S/C13H18N2O5S/c1-13(2,12(14)18)15-21(19,20)10-6-3-9(4-7-10)5-8-11(16)17/h3-4,6-7,15H,5,8H2,1-2H3,(H2,14,18)(H,16,17). The maximum absolute atomic E-state index is 12.1. The number of amides is 1. The first-order chi connectivity index (χ1) is 9.54. The molecule has 116 valence electrons. The highest BCUT2D eigenvalue weighted by Crippen LogP contribution is 2.15. The molecule has 1 rings (SSSR count). The van der Waals surface area contributed by atoms with E-state index in [0.29, 0.717) is 12.0 Å². The lowest BCUT2D eigenvalue weighted by Gasteiger charge is -2.22. The van der Waals surface area contributed by atoms with Crippen LogP contribution in [0.25, 0.3) is 0 Å². The molecular formula is C13H18N2O5S. The molecule has 0 heterocycles. The second-order valence-corrected chi connectivity index (χ2v) is 6.81. The number of benzene rings is 1. The van der Waals surface area contributed by atoms with Gasteiger partial charge >= 0.3 is 5.97 Å². The van der Waals surface area contributed by atoms with Gasteiger partial charge in [0, 0.05) is 6.42 Å². The first-order valence-electron chi connectivity index (χ1n) is 6.19. The number of hydrogen-bond acceptors (Lipinski definition) is 4. The number of hydrogen-bond donors (Lipinski definition) is 3. The number of nitrogens with two attached hydrogens (primary N) is 1. The summed E-state index contributed by atoms with van der Waals surface area (Å²) >= 11 is 0. The molecule has 0 saturated carbocycles. The molecular weight excluding hydrogens is 296 g/mol. The average Bonchev–Trinajstić information content (AvgIpc) is 2.35. The lowest BCUT2D eigenvalue weighted by atomic mass is 10.1. The van der Waals surface area contributed by atoms with Gasteiger partial charge in [0.05, 0.1) is 4.90 Å². The smallest absolute Gasteiger partial charge is 0.303 e. The number of primary amides is 1. The normalized spacial score (nSPS) is 12.1. The number of aliphatic carboxylic acids is 1. The molecule has 4 N–H and O–H groups in total. The van der Waals surface area contributed by atoms with Gasteiger partial charge < -0.3 is 10.8 Å². The molecule has 0 spiro atoms. The van der Waals surface area contributed by atoms with E-state index in [-0.39, 0.29) is 11.3 Å². The summed E-state index contributed by atoms with van der Waals surface area (Å²) in [5.74, 6) is -1.71. The summed E-state index contributed by atoms with van der Waals surface area (Å²) in [6.07, 6.45) is 0.287. The SMILES string of the molecule is CC(C)(NS(=O)(=O)c1ccc(CCC(=O)O)cc1)C(N)=O. The molecule has 1 amide bonds. The van der Waals surface area contributed by atoms with Gasteiger partial charge in [-0.3, -0.25) is 9.59 Å². The van der Waals surface area contributed by atoms with E-state index in [4.69, 9.17) is 10.8 Å². The summed E-state index contributed by atoms with van der Waals surface area (Å²) in [5, 5.41) is 8.59. The van der Waals surface area contributed by atoms with Crippen LogP contribution >= 0.6 is 0 Å². The topological polar surface area (TPSA) is 127 Å². The molecule has 21 heavy (non-hydrogen) atoms. The van der Waals surface area contributed by atoms with Gasteiger partial charge in [0.2, 0.25) is 15.9 Å². The molecule has 0 fully saturated rings. The number of nitrogens with one attached hydrogen (secondary N) is 1. The van der Waals surface area contributed by atoms with Crippen LogP contribution in [0.2, 0.25) is 0 Å². The number of rotatable bonds is 7. The quantitative estimate of drug-likeness (QED) is 0.664. The van der Waals surface area contributed by atoms with Crippen molar-refractivity contribution in [1.29, 1.82) is 0 Å². The first-order valence-corrected chi connectivity index (χ1v) is 7.67. The summed E-state index contributed by atoms with van der Waals surface area (Å²) in [7, 11) is -3.88. The lowest BCUT2D eigenvalue weighted by molar-refractivity contribution is -0.137. The van der Waals surface area contributed by atoms with Gasteiger partial charge in [0.15, 0.2) is 0 Å². The fraction of sp³-hybridized carbons (Fsp3) is 0.385. The average molecular weight is 314 g/mol. The molecule has 8 heteroatoms. The molecule has 0 aliphatic carbocycles. The molecule has 0 aliphatic heterocycles. The van der Waals surface area contributed by atoms with Gasteiger partial charge in [0.1, 0.15) is 5.54 Å². The highest BCUT2D eigenvalue weighted by atomic mass is 32.2. The third-order valence-electron chi connectivity index (χ3n) is 2.87. The van der Waals surface area contributed by atoms with Crippen LogP contribution in [0.4, 0.5) is 0 Å². The van der Waals surface area contributed by atoms with E-state index in [1.807, 2.05) is 0 Å². The summed E-state index contributed by atoms with van der Waals surface area (Å²) in [6.45, 7) is 2.74. The van der Waals surface area contributed by atoms with E-state index in [0.717, 1.165) is 0 Å². The molecule has 0 saturated heterocycles. The Balaban J connectivity index is 2.90. The Kier molecular flexibility index (Phi) is 5.08. The van der Waals surface area contributed by atoms with E-state index < -0.39 is 27.4 Å². The van der Waals surface area contributed by atoms with Gasteiger partial charge in [-0.05, 0) is 38.0 Å². The van der Waals surface area contributed by atoms with E-state index in [9.17, 15) is 18.0 Å². The van der Waals surface area contributed by atoms with Crippen molar-refractivity contribution in [3.05, 3.63) is 29.8 Å². The van der Waals surface area contributed by atoms with E-state index in [2.05, 4.69) is 4.72 Å². The second-order valence-electron chi connectivity index (χ2n) is 5.13. The minimum Gasteiger partial charge on any atom is -0.481 e. The Morgan fingerprint density at radius 2 is 1.76 bits per heavy atom. The Bertz CT molecular complexity index is 635. The summed E-state index contributed by atoms with van der Waals surface area (Å²) in [6, 6.07) is 5.79. The molecule has 1 aromatic carbocycles. The highest BCUT2D eigenvalue weighted by molar-refractivity contribution is 7.89. The monoisotopic (exact) mass is 314 g/mol. The predicted molar refractivity (Wildman–Crippen MR) is 76.0 cm³/mol. The molecule has 1 aromatic rings. The highest BCUT2D eigenvalue weighted by Gasteiger charge is 2.31. The van der Waals surface area contributed by atoms with Crippen molar-refractivity contribution in [3.8, 4) is 0 Å². The van der Waals surface area contributed by atoms with Crippen molar-refractivity contribution in [2.45, 2.75) is 37.1 Å². The first kappa shape index (κ1) is 17.1. The largest absolute Gasteiger partial charge is 0.481 e.